The van der Waals surface area contributed by atoms with Gasteiger partial charge in [0.25, 0.3) is 0 Å². The highest BCUT2D eigenvalue weighted by molar-refractivity contribution is 7.84. The van der Waals surface area contributed by atoms with Gasteiger partial charge in [0.1, 0.15) is 22.8 Å². The Hall–Kier alpha value is -4.16. The van der Waals surface area contributed by atoms with E-state index in [1.54, 1.807) is 32.2 Å². The van der Waals surface area contributed by atoms with E-state index >= 15 is 0 Å². The Balaban J connectivity index is 1.48. The first-order valence-corrected chi connectivity index (χ1v) is 15.7. The number of rotatable bonds is 4. The molecule has 11 nitrogen and oxygen atoms in total. The van der Waals surface area contributed by atoms with Crippen LogP contribution in [0.4, 0.5) is 0 Å². The maximum absolute atomic E-state index is 13.2. The van der Waals surface area contributed by atoms with Crippen LogP contribution in [0.5, 0.6) is 17.2 Å². The number of ether oxygens (including phenoxy) is 3. The van der Waals surface area contributed by atoms with Crippen LogP contribution in [-0.2, 0) is 39.5 Å². The number of benzene rings is 3. The summed E-state index contributed by atoms with van der Waals surface area (Å²) in [7, 11) is -2.50. The number of hydrogen-bond donors (Lipinski definition) is 0. The highest BCUT2D eigenvalue weighted by Gasteiger charge is 2.33. The lowest BCUT2D eigenvalue weighted by molar-refractivity contribution is -0.143. The van der Waals surface area contributed by atoms with E-state index in [1.807, 2.05) is 41.9 Å². The second-order valence-corrected chi connectivity index (χ2v) is 12.3. The first-order chi connectivity index (χ1) is 20.8. The zero-order valence-electron chi connectivity index (χ0n) is 24.4. The van der Waals surface area contributed by atoms with Gasteiger partial charge in [-0.3, -0.25) is 4.79 Å². The molecule has 3 aliphatic rings. The van der Waals surface area contributed by atoms with Crippen LogP contribution in [0.2, 0.25) is 0 Å². The number of aromatic nitrogens is 3. The summed E-state index contributed by atoms with van der Waals surface area (Å²) in [5.41, 5.74) is 5.70. The summed E-state index contributed by atoms with van der Waals surface area (Å²) < 4.78 is 52.0. The SMILES string of the molecule is CCOC(=O)CC1c2cc(cc(OC)c2)CN2Cc3cc(ccc3OS2(=O)=O)OCCCCn2nnc3c(C)c1ccc32. The molecule has 7 rings (SSSR count). The molecular weight excluding hydrogens is 572 g/mol. The molecule has 0 spiro atoms. The van der Waals surface area contributed by atoms with E-state index in [-0.39, 0.29) is 32.1 Å². The van der Waals surface area contributed by atoms with Gasteiger partial charge in [0.15, 0.2) is 0 Å². The van der Waals surface area contributed by atoms with Gasteiger partial charge < -0.3 is 18.4 Å². The third-order valence-corrected chi connectivity index (χ3v) is 9.22. The van der Waals surface area contributed by atoms with Gasteiger partial charge in [0, 0.05) is 31.1 Å². The molecule has 226 valence electrons. The molecule has 0 amide bonds. The van der Waals surface area contributed by atoms with E-state index in [4.69, 9.17) is 18.4 Å². The summed E-state index contributed by atoms with van der Waals surface area (Å²) in [6, 6.07) is 14.8. The molecule has 0 saturated carbocycles. The van der Waals surface area contributed by atoms with Crippen molar-refractivity contribution in [3.63, 3.8) is 0 Å². The number of carbonyl (C=O) groups excluding carboxylic acids is 1. The van der Waals surface area contributed by atoms with Gasteiger partial charge in [-0.05, 0) is 85.3 Å². The van der Waals surface area contributed by atoms with Gasteiger partial charge in [-0.25, -0.2) is 4.68 Å². The highest BCUT2D eigenvalue weighted by Crippen LogP contribution is 2.37. The summed E-state index contributed by atoms with van der Waals surface area (Å²) in [5.74, 6) is 0.745. The second kappa shape index (κ2) is 11.8. The Labute approximate surface area is 250 Å². The summed E-state index contributed by atoms with van der Waals surface area (Å²) in [4.78, 5) is 12.9. The van der Waals surface area contributed by atoms with Crippen LogP contribution in [0.15, 0.2) is 48.5 Å². The number of aryl methyl sites for hydroxylation is 2. The van der Waals surface area contributed by atoms with Crippen LogP contribution in [0.3, 0.4) is 0 Å². The third-order valence-electron chi connectivity index (χ3n) is 7.94. The van der Waals surface area contributed by atoms with Crippen LogP contribution in [0, 0.1) is 6.92 Å². The number of esters is 1. The molecule has 0 N–H and O–H groups in total. The van der Waals surface area contributed by atoms with Gasteiger partial charge in [-0.1, -0.05) is 17.3 Å². The van der Waals surface area contributed by atoms with Crippen molar-refractivity contribution in [3.8, 4) is 17.2 Å². The average Bonchev–Trinajstić information content (AvgIpc) is 3.40. The smallest absolute Gasteiger partial charge is 0.385 e. The predicted octanol–water partition coefficient (Wildman–Crippen LogP) is 4.65. The van der Waals surface area contributed by atoms with Crippen molar-refractivity contribution in [2.24, 2.45) is 0 Å². The zero-order valence-corrected chi connectivity index (χ0v) is 25.2. The maximum atomic E-state index is 13.2. The van der Waals surface area contributed by atoms with Gasteiger partial charge in [0.05, 0.1) is 32.3 Å². The molecule has 3 aromatic carbocycles. The Morgan fingerprint density at radius 1 is 1.09 bits per heavy atom. The number of methoxy groups -OCH3 is 1. The van der Waals surface area contributed by atoms with Crippen molar-refractivity contribution in [3.05, 3.63) is 76.3 Å². The molecule has 2 unspecified atom stereocenters. The third kappa shape index (κ3) is 5.89. The number of fused-ring (bicyclic) bond motifs is 5. The molecule has 0 radical (unpaired) electrons. The monoisotopic (exact) mass is 606 g/mol. The van der Waals surface area contributed by atoms with Crippen LogP contribution >= 0.6 is 0 Å². The fourth-order valence-electron chi connectivity index (χ4n) is 5.79. The van der Waals surface area contributed by atoms with Crippen molar-refractivity contribution >= 4 is 27.3 Å². The maximum Gasteiger partial charge on any atom is 0.385 e. The highest BCUT2D eigenvalue weighted by atomic mass is 32.2. The molecule has 3 aliphatic heterocycles. The molecule has 1 aromatic heterocycles. The zero-order chi connectivity index (χ0) is 30.1. The molecule has 9 bridgehead atoms. The summed E-state index contributed by atoms with van der Waals surface area (Å²) in [6.07, 6.45) is 1.71. The number of nitrogens with zero attached hydrogens (tertiary/aromatic N) is 4. The minimum absolute atomic E-state index is 0.0372. The quantitative estimate of drug-likeness (QED) is 0.306. The molecule has 4 aromatic rings. The van der Waals surface area contributed by atoms with Gasteiger partial charge in [0.2, 0.25) is 0 Å². The number of hydrogen-bond acceptors (Lipinski definition) is 9. The largest absolute Gasteiger partial charge is 0.497 e. The topological polar surface area (TPSA) is 122 Å². The Kier molecular flexibility index (Phi) is 7.97. The fraction of sp³-hybridized carbons (Fsp3) is 0.387. The van der Waals surface area contributed by atoms with E-state index < -0.39 is 16.2 Å². The van der Waals surface area contributed by atoms with Crippen molar-refractivity contribution in [2.45, 2.75) is 58.7 Å². The summed E-state index contributed by atoms with van der Waals surface area (Å²) in [6.45, 7) is 5.36. The molecule has 0 fully saturated rings. The van der Waals surface area contributed by atoms with Gasteiger partial charge in [-0.15, -0.1) is 5.10 Å². The molecule has 4 heterocycles. The minimum atomic E-state index is -4.06. The first kappa shape index (κ1) is 28.9. The molecule has 12 heteroatoms. The van der Waals surface area contributed by atoms with Crippen LogP contribution in [-0.4, -0.2) is 54.0 Å². The Bertz CT molecular complexity index is 1790. The van der Waals surface area contributed by atoms with Crippen LogP contribution in [0.25, 0.3) is 11.0 Å². The van der Waals surface area contributed by atoms with E-state index in [0.717, 1.165) is 40.6 Å². The molecular formula is C31H34N4O7S. The predicted molar refractivity (Wildman–Crippen MR) is 158 cm³/mol. The molecule has 0 aliphatic carbocycles. The lowest BCUT2D eigenvalue weighted by Crippen LogP contribution is -2.37. The van der Waals surface area contributed by atoms with Crippen molar-refractivity contribution in [1.82, 2.24) is 19.3 Å². The normalized spacial score (nSPS) is 19.5. The van der Waals surface area contributed by atoms with Crippen LogP contribution in [0.1, 0.15) is 59.9 Å². The standard InChI is InChI=1S/C31H34N4O7S/c1-4-40-30(36)17-27-22-13-21(14-25(15-22)39-3)18-34-19-23-16-24(7-10-29(23)42-43(34,37)38)41-12-6-5-11-35-28-9-8-26(27)20(2)31(28)32-33-35/h7-10,13-16,27H,4-6,11-12,17-19H2,1-3H3. The second-order valence-electron chi connectivity index (χ2n) is 10.8. The molecule has 43 heavy (non-hydrogen) atoms. The van der Waals surface area contributed by atoms with Crippen molar-refractivity contribution in [2.75, 3.05) is 20.3 Å². The van der Waals surface area contributed by atoms with Crippen LogP contribution < -0.4 is 13.7 Å². The lowest BCUT2D eigenvalue weighted by atomic mass is 9.84. The van der Waals surface area contributed by atoms with Crippen molar-refractivity contribution < 1.29 is 31.6 Å². The Morgan fingerprint density at radius 2 is 1.95 bits per heavy atom. The summed E-state index contributed by atoms with van der Waals surface area (Å²) >= 11 is 0. The molecule has 2 atom stereocenters. The van der Waals surface area contributed by atoms with Gasteiger partial charge in [-0.2, -0.15) is 12.7 Å². The Morgan fingerprint density at radius 3 is 2.77 bits per heavy atom. The van der Waals surface area contributed by atoms with E-state index in [9.17, 15) is 13.2 Å². The van der Waals surface area contributed by atoms with E-state index in [0.29, 0.717) is 41.5 Å². The lowest BCUT2D eigenvalue weighted by Gasteiger charge is -2.28. The van der Waals surface area contributed by atoms with E-state index in [2.05, 4.69) is 10.3 Å². The average molecular weight is 607 g/mol. The first-order valence-electron chi connectivity index (χ1n) is 14.4. The van der Waals surface area contributed by atoms with Crippen molar-refractivity contribution in [1.29, 1.82) is 0 Å². The summed E-state index contributed by atoms with van der Waals surface area (Å²) in [5, 5.41) is 8.93. The van der Waals surface area contributed by atoms with E-state index in [1.165, 1.54) is 4.31 Å². The minimum Gasteiger partial charge on any atom is -0.497 e. The number of carbonyl (C=O) groups is 1. The molecule has 0 saturated heterocycles. The fourth-order valence-corrected chi connectivity index (χ4v) is 6.89. The van der Waals surface area contributed by atoms with Gasteiger partial charge >= 0.3 is 16.3 Å².